The maximum Gasteiger partial charge on any atom is 0.242 e. The van der Waals surface area contributed by atoms with Crippen LogP contribution in [0, 0.1) is 5.92 Å². The molecule has 6 nitrogen and oxygen atoms in total. The number of hydrogen-bond acceptors (Lipinski definition) is 3. The molecule has 7 heteroatoms. The number of amides is 2. The molecule has 2 aliphatic heterocycles. The summed E-state index contributed by atoms with van der Waals surface area (Å²) in [6, 6.07) is 15.1. The van der Waals surface area contributed by atoms with Crippen LogP contribution < -0.4 is 10.2 Å². The molecule has 0 radical (unpaired) electrons. The number of hydrogen-bond donors (Lipinski definition) is 1. The van der Waals surface area contributed by atoms with E-state index in [0.29, 0.717) is 28.5 Å². The highest BCUT2D eigenvalue weighted by Gasteiger charge is 2.58. The van der Waals surface area contributed by atoms with E-state index in [-0.39, 0.29) is 24.2 Å². The Hall–Kier alpha value is -3.12. The van der Waals surface area contributed by atoms with Crippen molar-refractivity contribution in [3.63, 3.8) is 0 Å². The third kappa shape index (κ3) is 2.53. The van der Waals surface area contributed by atoms with Crippen LogP contribution in [0.2, 0.25) is 5.02 Å². The lowest BCUT2D eigenvalue weighted by Gasteiger charge is -2.33. The standard InChI is InChI=1S/C23H21ClN4O2/c1-14(2)13-27-18-10-6-9-17(24)20(18)23(22(27)30)11-19(29)26-21-16(23)12-25-28(21)15-7-4-3-5-8-15/h3-10,12,14H,11,13H2,1-2H3,(H,26,29)/t23-/m0/s1. The van der Waals surface area contributed by atoms with E-state index in [9.17, 15) is 9.59 Å². The molecule has 0 unspecified atom stereocenters. The molecule has 2 aliphatic rings. The Bertz CT molecular complexity index is 1170. The summed E-state index contributed by atoms with van der Waals surface area (Å²) in [6.07, 6.45) is 1.69. The van der Waals surface area contributed by atoms with Gasteiger partial charge in [0.1, 0.15) is 11.2 Å². The van der Waals surface area contributed by atoms with Crippen LogP contribution >= 0.6 is 11.6 Å². The topological polar surface area (TPSA) is 67.2 Å². The summed E-state index contributed by atoms with van der Waals surface area (Å²) in [7, 11) is 0. The minimum Gasteiger partial charge on any atom is -0.311 e. The molecule has 1 atom stereocenters. The lowest BCUT2D eigenvalue weighted by Crippen LogP contribution is -2.47. The lowest BCUT2D eigenvalue weighted by atomic mass is 9.71. The Balaban J connectivity index is 1.78. The lowest BCUT2D eigenvalue weighted by molar-refractivity contribution is -0.126. The zero-order chi connectivity index (χ0) is 21.0. The van der Waals surface area contributed by atoms with Crippen LogP contribution in [0.5, 0.6) is 0 Å². The van der Waals surface area contributed by atoms with Crippen LogP contribution in [-0.2, 0) is 15.0 Å². The molecule has 152 valence electrons. The molecular formula is C23H21ClN4O2. The number of fused-ring (bicyclic) bond motifs is 4. The molecule has 0 fully saturated rings. The Kier molecular flexibility index (Phi) is 4.22. The number of carbonyl (C=O) groups is 2. The van der Waals surface area contributed by atoms with Gasteiger partial charge in [-0.25, -0.2) is 4.68 Å². The number of halogens is 1. The van der Waals surface area contributed by atoms with E-state index in [2.05, 4.69) is 24.3 Å². The van der Waals surface area contributed by atoms with Gasteiger partial charge in [0, 0.05) is 34.8 Å². The van der Waals surface area contributed by atoms with Gasteiger partial charge in [-0.15, -0.1) is 0 Å². The summed E-state index contributed by atoms with van der Waals surface area (Å²) >= 11 is 6.66. The molecule has 0 aliphatic carbocycles. The van der Waals surface area contributed by atoms with Gasteiger partial charge < -0.3 is 10.2 Å². The summed E-state index contributed by atoms with van der Waals surface area (Å²) in [6.45, 7) is 4.68. The van der Waals surface area contributed by atoms with Crippen molar-refractivity contribution in [3.05, 3.63) is 70.9 Å². The van der Waals surface area contributed by atoms with Crippen molar-refractivity contribution in [1.29, 1.82) is 0 Å². The Morgan fingerprint density at radius 2 is 1.90 bits per heavy atom. The molecule has 5 rings (SSSR count). The zero-order valence-corrected chi connectivity index (χ0v) is 17.5. The maximum atomic E-state index is 13.9. The molecule has 3 heterocycles. The van der Waals surface area contributed by atoms with E-state index >= 15 is 0 Å². The van der Waals surface area contributed by atoms with E-state index in [0.717, 1.165) is 11.4 Å². The SMILES string of the molecule is CC(C)CN1C(=O)[C@]2(CC(=O)Nc3c2cnn3-c2ccccc2)c2c(Cl)cccc21. The summed E-state index contributed by atoms with van der Waals surface area (Å²) in [5.74, 6) is 0.428. The Morgan fingerprint density at radius 3 is 2.63 bits per heavy atom. The van der Waals surface area contributed by atoms with Crippen molar-refractivity contribution in [3.8, 4) is 5.69 Å². The van der Waals surface area contributed by atoms with Crippen LogP contribution in [0.25, 0.3) is 5.69 Å². The van der Waals surface area contributed by atoms with E-state index in [4.69, 9.17) is 11.6 Å². The number of nitrogens with zero attached hydrogens (tertiary/aromatic N) is 3. The number of para-hydroxylation sites is 1. The molecule has 0 saturated heterocycles. The highest BCUT2D eigenvalue weighted by Crippen LogP contribution is 2.54. The molecule has 0 bridgehead atoms. The third-order valence-electron chi connectivity index (χ3n) is 5.78. The summed E-state index contributed by atoms with van der Waals surface area (Å²) in [5.41, 5.74) is 1.78. The van der Waals surface area contributed by atoms with Crippen molar-refractivity contribution in [2.45, 2.75) is 25.7 Å². The minimum atomic E-state index is -1.17. The third-order valence-corrected chi connectivity index (χ3v) is 6.10. The second-order valence-electron chi connectivity index (χ2n) is 8.23. The molecule has 1 N–H and O–H groups in total. The van der Waals surface area contributed by atoms with Crippen molar-refractivity contribution in [1.82, 2.24) is 9.78 Å². The number of anilines is 2. The fourth-order valence-corrected chi connectivity index (χ4v) is 4.96. The first-order valence-corrected chi connectivity index (χ1v) is 10.4. The van der Waals surface area contributed by atoms with Crippen LogP contribution in [0.1, 0.15) is 31.4 Å². The normalized spacial score (nSPS) is 19.9. The fraction of sp³-hybridized carbons (Fsp3) is 0.261. The predicted octanol–water partition coefficient (Wildman–Crippen LogP) is 4.16. The first kappa shape index (κ1) is 18.9. The molecule has 1 spiro atoms. The maximum absolute atomic E-state index is 13.9. The highest BCUT2D eigenvalue weighted by molar-refractivity contribution is 6.34. The number of benzene rings is 2. The fourth-order valence-electron chi connectivity index (χ4n) is 4.63. The molecule has 30 heavy (non-hydrogen) atoms. The van der Waals surface area contributed by atoms with E-state index < -0.39 is 5.41 Å². The first-order valence-electron chi connectivity index (χ1n) is 9.98. The summed E-state index contributed by atoms with van der Waals surface area (Å²) < 4.78 is 1.67. The van der Waals surface area contributed by atoms with E-state index in [1.165, 1.54) is 0 Å². The van der Waals surface area contributed by atoms with Gasteiger partial charge in [0.25, 0.3) is 0 Å². The number of rotatable bonds is 3. The van der Waals surface area contributed by atoms with Crippen molar-refractivity contribution >= 4 is 34.9 Å². The van der Waals surface area contributed by atoms with Gasteiger partial charge in [-0.05, 0) is 30.2 Å². The second-order valence-corrected chi connectivity index (χ2v) is 8.64. The van der Waals surface area contributed by atoms with E-state index in [1.807, 2.05) is 42.5 Å². The molecular weight excluding hydrogens is 400 g/mol. The number of aromatic nitrogens is 2. The van der Waals surface area contributed by atoms with E-state index in [1.54, 1.807) is 21.8 Å². The van der Waals surface area contributed by atoms with Gasteiger partial charge in [-0.3, -0.25) is 9.59 Å². The van der Waals surface area contributed by atoms with Gasteiger partial charge in [0.05, 0.1) is 11.9 Å². The van der Waals surface area contributed by atoms with Gasteiger partial charge in [-0.2, -0.15) is 5.10 Å². The van der Waals surface area contributed by atoms with Crippen LogP contribution in [0.4, 0.5) is 11.5 Å². The van der Waals surface area contributed by atoms with Crippen LogP contribution in [0.3, 0.4) is 0 Å². The molecule has 3 aromatic rings. The number of carbonyl (C=O) groups excluding carboxylic acids is 2. The van der Waals surface area contributed by atoms with Gasteiger partial charge in [-0.1, -0.05) is 49.7 Å². The predicted molar refractivity (Wildman–Crippen MR) is 116 cm³/mol. The average Bonchev–Trinajstić information content (AvgIpc) is 3.23. The monoisotopic (exact) mass is 420 g/mol. The summed E-state index contributed by atoms with van der Waals surface area (Å²) in [4.78, 5) is 28.6. The molecule has 1 aromatic heterocycles. The quantitative estimate of drug-likeness (QED) is 0.691. The first-order chi connectivity index (χ1) is 14.4. The Morgan fingerprint density at radius 1 is 1.13 bits per heavy atom. The zero-order valence-electron chi connectivity index (χ0n) is 16.7. The molecule has 0 saturated carbocycles. The number of nitrogens with one attached hydrogen (secondary N) is 1. The average molecular weight is 421 g/mol. The Labute approximate surface area is 179 Å². The second kappa shape index (κ2) is 6.71. The largest absolute Gasteiger partial charge is 0.311 e. The smallest absolute Gasteiger partial charge is 0.242 e. The minimum absolute atomic E-state index is 0.00461. The van der Waals surface area contributed by atoms with Gasteiger partial charge in [0.15, 0.2) is 0 Å². The van der Waals surface area contributed by atoms with Crippen molar-refractivity contribution in [2.75, 3.05) is 16.8 Å². The highest BCUT2D eigenvalue weighted by atomic mass is 35.5. The van der Waals surface area contributed by atoms with Gasteiger partial charge in [0.2, 0.25) is 11.8 Å². The molecule has 2 aromatic carbocycles. The van der Waals surface area contributed by atoms with Crippen molar-refractivity contribution < 1.29 is 9.59 Å². The van der Waals surface area contributed by atoms with Gasteiger partial charge >= 0.3 is 0 Å². The van der Waals surface area contributed by atoms with Crippen molar-refractivity contribution in [2.24, 2.45) is 5.92 Å². The van der Waals surface area contributed by atoms with Crippen LogP contribution in [0.15, 0.2) is 54.7 Å². The van der Waals surface area contributed by atoms with Crippen LogP contribution in [-0.4, -0.2) is 28.1 Å². The molecule has 2 amide bonds. The summed E-state index contributed by atoms with van der Waals surface area (Å²) in [5, 5.41) is 7.95.